The average molecular weight is 351 g/mol. The predicted octanol–water partition coefficient (Wildman–Crippen LogP) is 0.938. The SMILES string of the molecule is NC(=O)C(=O)N1CCC[C@@H](N2CCN(c3cccc(Cl)c3)CC2)C1. The Balaban J connectivity index is 1.56. The quantitative estimate of drug-likeness (QED) is 0.806. The maximum atomic E-state index is 11.8. The zero-order valence-corrected chi connectivity index (χ0v) is 14.4. The number of piperidine rings is 1. The number of amides is 2. The summed E-state index contributed by atoms with van der Waals surface area (Å²) in [5.41, 5.74) is 6.27. The van der Waals surface area contributed by atoms with Crippen molar-refractivity contribution in [2.24, 2.45) is 5.73 Å². The molecule has 0 aromatic heterocycles. The molecule has 1 aromatic rings. The Morgan fingerprint density at radius 3 is 2.54 bits per heavy atom. The van der Waals surface area contributed by atoms with Crippen LogP contribution < -0.4 is 10.6 Å². The molecule has 0 unspecified atom stereocenters. The molecule has 0 saturated carbocycles. The first-order chi connectivity index (χ1) is 11.5. The Morgan fingerprint density at radius 2 is 1.88 bits per heavy atom. The van der Waals surface area contributed by atoms with Crippen LogP contribution in [0.1, 0.15) is 12.8 Å². The summed E-state index contributed by atoms with van der Waals surface area (Å²) in [5, 5.41) is 0.753. The molecule has 2 N–H and O–H groups in total. The molecule has 0 aliphatic carbocycles. The van der Waals surface area contributed by atoms with Gasteiger partial charge >= 0.3 is 11.8 Å². The normalized spacial score (nSPS) is 22.5. The van der Waals surface area contributed by atoms with Crippen molar-refractivity contribution in [3.8, 4) is 0 Å². The molecule has 2 aliphatic rings. The lowest BCUT2D eigenvalue weighted by atomic mass is 10.0. The van der Waals surface area contributed by atoms with Gasteiger partial charge in [0.2, 0.25) is 0 Å². The second-order valence-electron chi connectivity index (χ2n) is 6.41. The van der Waals surface area contributed by atoms with E-state index in [9.17, 15) is 9.59 Å². The standard InChI is InChI=1S/C17H23ClN4O2/c18-13-3-1-4-14(11-13)20-7-9-21(10-8-20)15-5-2-6-22(12-15)17(24)16(19)23/h1,3-4,11,15H,2,5-10,12H2,(H2,19,23)/t15-/m1/s1. The molecule has 2 amide bonds. The minimum atomic E-state index is -0.860. The number of benzene rings is 1. The van der Waals surface area contributed by atoms with E-state index in [0.29, 0.717) is 19.1 Å². The van der Waals surface area contributed by atoms with E-state index in [0.717, 1.165) is 49.7 Å². The van der Waals surface area contributed by atoms with Gasteiger partial charge < -0.3 is 15.5 Å². The van der Waals surface area contributed by atoms with Crippen molar-refractivity contribution in [3.63, 3.8) is 0 Å². The van der Waals surface area contributed by atoms with Crippen LogP contribution in [0.3, 0.4) is 0 Å². The highest BCUT2D eigenvalue weighted by Gasteiger charge is 2.31. The van der Waals surface area contributed by atoms with Gasteiger partial charge in [0, 0.05) is 56.0 Å². The molecule has 0 radical (unpaired) electrons. The van der Waals surface area contributed by atoms with Crippen LogP contribution in [0.25, 0.3) is 0 Å². The van der Waals surface area contributed by atoms with Crippen molar-refractivity contribution in [3.05, 3.63) is 29.3 Å². The minimum Gasteiger partial charge on any atom is -0.369 e. The predicted molar refractivity (Wildman–Crippen MR) is 94.0 cm³/mol. The third-order valence-corrected chi connectivity index (χ3v) is 5.13. The lowest BCUT2D eigenvalue weighted by Crippen LogP contribution is -2.57. The number of carbonyl (C=O) groups is 2. The number of piperazine rings is 1. The molecule has 2 heterocycles. The summed E-state index contributed by atoms with van der Waals surface area (Å²) >= 11 is 6.07. The number of rotatable bonds is 2. The van der Waals surface area contributed by atoms with Gasteiger partial charge in [0.15, 0.2) is 0 Å². The van der Waals surface area contributed by atoms with E-state index in [4.69, 9.17) is 17.3 Å². The topological polar surface area (TPSA) is 69.9 Å². The summed E-state index contributed by atoms with van der Waals surface area (Å²) in [6, 6.07) is 8.23. The smallest absolute Gasteiger partial charge is 0.311 e. The summed E-state index contributed by atoms with van der Waals surface area (Å²) in [6.07, 6.45) is 1.97. The van der Waals surface area contributed by atoms with Crippen molar-refractivity contribution < 1.29 is 9.59 Å². The number of hydrogen-bond donors (Lipinski definition) is 1. The van der Waals surface area contributed by atoms with Crippen LogP contribution in [-0.4, -0.2) is 66.9 Å². The molecule has 1 atom stereocenters. The van der Waals surface area contributed by atoms with Crippen LogP contribution in [0, 0.1) is 0 Å². The molecule has 130 valence electrons. The van der Waals surface area contributed by atoms with Crippen LogP contribution in [0.5, 0.6) is 0 Å². The average Bonchev–Trinajstić information content (AvgIpc) is 2.61. The van der Waals surface area contributed by atoms with Gasteiger partial charge in [0.05, 0.1) is 0 Å². The van der Waals surface area contributed by atoms with E-state index in [1.165, 1.54) is 0 Å². The molecule has 7 heteroatoms. The molecule has 2 fully saturated rings. The molecule has 2 saturated heterocycles. The van der Waals surface area contributed by atoms with Crippen molar-refractivity contribution >= 4 is 29.1 Å². The lowest BCUT2D eigenvalue weighted by Gasteiger charge is -2.43. The minimum absolute atomic E-state index is 0.309. The van der Waals surface area contributed by atoms with E-state index >= 15 is 0 Å². The summed E-state index contributed by atoms with van der Waals surface area (Å²) in [4.78, 5) is 29.3. The Kier molecular flexibility index (Phi) is 5.26. The second kappa shape index (κ2) is 7.40. The van der Waals surface area contributed by atoms with Gasteiger partial charge in [-0.05, 0) is 31.0 Å². The fourth-order valence-corrected chi connectivity index (χ4v) is 3.80. The van der Waals surface area contributed by atoms with Crippen LogP contribution in [0.15, 0.2) is 24.3 Å². The van der Waals surface area contributed by atoms with Gasteiger partial charge in [-0.15, -0.1) is 0 Å². The third-order valence-electron chi connectivity index (χ3n) is 4.90. The molecule has 2 aliphatic heterocycles. The van der Waals surface area contributed by atoms with Crippen LogP contribution in [-0.2, 0) is 9.59 Å². The summed E-state index contributed by atoms with van der Waals surface area (Å²) in [6.45, 7) is 4.96. The molecule has 1 aromatic carbocycles. The molecule has 6 nitrogen and oxygen atoms in total. The number of nitrogens with zero attached hydrogens (tertiary/aromatic N) is 3. The number of halogens is 1. The largest absolute Gasteiger partial charge is 0.369 e. The van der Waals surface area contributed by atoms with E-state index in [2.05, 4.69) is 15.9 Å². The zero-order chi connectivity index (χ0) is 17.1. The Labute approximate surface area is 147 Å². The third kappa shape index (κ3) is 3.82. The zero-order valence-electron chi connectivity index (χ0n) is 13.7. The number of likely N-dealkylation sites (tertiary alicyclic amines) is 1. The number of anilines is 1. The van der Waals surface area contributed by atoms with Crippen LogP contribution in [0.2, 0.25) is 5.02 Å². The summed E-state index contributed by atoms with van der Waals surface area (Å²) < 4.78 is 0. The van der Waals surface area contributed by atoms with Gasteiger partial charge in [-0.25, -0.2) is 0 Å². The number of hydrogen-bond acceptors (Lipinski definition) is 4. The van der Waals surface area contributed by atoms with E-state index in [-0.39, 0.29) is 0 Å². The monoisotopic (exact) mass is 350 g/mol. The van der Waals surface area contributed by atoms with Gasteiger partial charge in [-0.1, -0.05) is 17.7 Å². The molecule has 0 bridgehead atoms. The maximum absolute atomic E-state index is 11.8. The first kappa shape index (κ1) is 17.0. The highest BCUT2D eigenvalue weighted by atomic mass is 35.5. The molecule has 0 spiro atoms. The number of primary amides is 1. The number of carbonyl (C=O) groups excluding carboxylic acids is 2. The number of nitrogens with two attached hydrogens (primary N) is 1. The van der Waals surface area contributed by atoms with E-state index < -0.39 is 11.8 Å². The highest BCUT2D eigenvalue weighted by molar-refractivity contribution is 6.34. The molecular weight excluding hydrogens is 328 g/mol. The Hall–Kier alpha value is -1.79. The highest BCUT2D eigenvalue weighted by Crippen LogP contribution is 2.23. The first-order valence-corrected chi connectivity index (χ1v) is 8.75. The van der Waals surface area contributed by atoms with Crippen molar-refractivity contribution in [2.45, 2.75) is 18.9 Å². The van der Waals surface area contributed by atoms with Gasteiger partial charge in [-0.2, -0.15) is 0 Å². The maximum Gasteiger partial charge on any atom is 0.311 e. The molecular formula is C17H23ClN4O2. The summed E-state index contributed by atoms with van der Waals surface area (Å²) in [5.74, 6) is -1.42. The molecule has 3 rings (SSSR count). The summed E-state index contributed by atoms with van der Waals surface area (Å²) in [7, 11) is 0. The van der Waals surface area contributed by atoms with Crippen LogP contribution in [0.4, 0.5) is 5.69 Å². The lowest BCUT2D eigenvalue weighted by molar-refractivity contribution is -0.145. The van der Waals surface area contributed by atoms with Crippen molar-refractivity contribution in [2.75, 3.05) is 44.2 Å². The van der Waals surface area contributed by atoms with E-state index in [1.54, 1.807) is 4.90 Å². The van der Waals surface area contributed by atoms with Gasteiger partial charge in [0.25, 0.3) is 0 Å². The van der Waals surface area contributed by atoms with Crippen molar-refractivity contribution in [1.82, 2.24) is 9.80 Å². The Morgan fingerprint density at radius 1 is 1.12 bits per heavy atom. The van der Waals surface area contributed by atoms with Gasteiger partial charge in [-0.3, -0.25) is 14.5 Å². The molecule has 24 heavy (non-hydrogen) atoms. The van der Waals surface area contributed by atoms with E-state index in [1.807, 2.05) is 18.2 Å². The van der Waals surface area contributed by atoms with Crippen LogP contribution >= 0.6 is 11.6 Å². The van der Waals surface area contributed by atoms with Crippen molar-refractivity contribution in [1.29, 1.82) is 0 Å². The Bertz CT molecular complexity index is 616. The fraction of sp³-hybridized carbons (Fsp3) is 0.529. The fourth-order valence-electron chi connectivity index (χ4n) is 3.61. The second-order valence-corrected chi connectivity index (χ2v) is 6.85. The van der Waals surface area contributed by atoms with Gasteiger partial charge in [0.1, 0.15) is 0 Å². The first-order valence-electron chi connectivity index (χ1n) is 8.38.